The summed E-state index contributed by atoms with van der Waals surface area (Å²) in [6, 6.07) is 12.3. The standard InChI is InChI=1S/C16H21N3O/c1-14(19-12-6-11-18-19)13-16(20)17-10-5-9-15-7-3-2-4-8-15/h2-4,6-8,11-12,14H,5,9-10,13H2,1H3,(H,17,20). The van der Waals surface area contributed by atoms with Gasteiger partial charge >= 0.3 is 0 Å². The van der Waals surface area contributed by atoms with E-state index in [1.54, 1.807) is 6.20 Å². The smallest absolute Gasteiger partial charge is 0.222 e. The van der Waals surface area contributed by atoms with Crippen LogP contribution in [0, 0.1) is 0 Å². The number of carbonyl (C=O) groups excluding carboxylic acids is 1. The minimum atomic E-state index is 0.0843. The molecule has 0 saturated carbocycles. The van der Waals surface area contributed by atoms with Crippen LogP contribution in [-0.4, -0.2) is 22.2 Å². The molecule has 0 aliphatic heterocycles. The van der Waals surface area contributed by atoms with Gasteiger partial charge in [0.1, 0.15) is 0 Å². The number of nitrogens with one attached hydrogen (secondary N) is 1. The number of hydrogen-bond donors (Lipinski definition) is 1. The number of nitrogens with zero attached hydrogens (tertiary/aromatic N) is 2. The van der Waals surface area contributed by atoms with Gasteiger partial charge < -0.3 is 5.32 Å². The maximum Gasteiger partial charge on any atom is 0.222 e. The highest BCUT2D eigenvalue weighted by molar-refractivity contribution is 5.76. The van der Waals surface area contributed by atoms with Gasteiger partial charge in [-0.25, -0.2) is 0 Å². The van der Waals surface area contributed by atoms with Crippen molar-refractivity contribution in [3.8, 4) is 0 Å². The first-order valence-electron chi connectivity index (χ1n) is 7.05. The lowest BCUT2D eigenvalue weighted by Crippen LogP contribution is -2.27. The van der Waals surface area contributed by atoms with Crippen molar-refractivity contribution in [3.63, 3.8) is 0 Å². The molecule has 0 aliphatic carbocycles. The normalized spacial score (nSPS) is 12.1. The first kappa shape index (κ1) is 14.3. The van der Waals surface area contributed by atoms with E-state index in [-0.39, 0.29) is 11.9 Å². The Hall–Kier alpha value is -2.10. The van der Waals surface area contributed by atoms with E-state index in [1.165, 1.54) is 5.56 Å². The molecule has 1 unspecified atom stereocenters. The molecule has 106 valence electrons. The maximum atomic E-state index is 11.8. The Morgan fingerprint density at radius 3 is 2.80 bits per heavy atom. The van der Waals surface area contributed by atoms with Crippen molar-refractivity contribution in [2.75, 3.05) is 6.54 Å². The Morgan fingerprint density at radius 2 is 2.10 bits per heavy atom. The largest absolute Gasteiger partial charge is 0.356 e. The van der Waals surface area contributed by atoms with E-state index < -0.39 is 0 Å². The minimum Gasteiger partial charge on any atom is -0.356 e. The van der Waals surface area contributed by atoms with Crippen LogP contribution < -0.4 is 5.32 Å². The van der Waals surface area contributed by atoms with Gasteiger partial charge in [-0.1, -0.05) is 30.3 Å². The second-order valence-electron chi connectivity index (χ2n) is 4.98. The monoisotopic (exact) mass is 271 g/mol. The Morgan fingerprint density at radius 1 is 1.30 bits per heavy atom. The summed E-state index contributed by atoms with van der Waals surface area (Å²) in [6.07, 6.45) is 6.04. The van der Waals surface area contributed by atoms with Gasteiger partial charge in [0.15, 0.2) is 0 Å². The van der Waals surface area contributed by atoms with Gasteiger partial charge in [0.2, 0.25) is 5.91 Å². The third kappa shape index (κ3) is 4.53. The van der Waals surface area contributed by atoms with Crippen molar-refractivity contribution in [2.45, 2.75) is 32.2 Å². The van der Waals surface area contributed by atoms with E-state index in [2.05, 4.69) is 22.5 Å². The van der Waals surface area contributed by atoms with Crippen molar-refractivity contribution in [3.05, 3.63) is 54.4 Å². The van der Waals surface area contributed by atoms with Crippen LogP contribution in [0.25, 0.3) is 0 Å². The lowest BCUT2D eigenvalue weighted by atomic mass is 10.1. The highest BCUT2D eigenvalue weighted by Crippen LogP contribution is 2.08. The van der Waals surface area contributed by atoms with Crippen molar-refractivity contribution in [1.29, 1.82) is 0 Å². The van der Waals surface area contributed by atoms with Crippen LogP contribution in [0.1, 0.15) is 31.4 Å². The summed E-state index contributed by atoms with van der Waals surface area (Å²) < 4.78 is 1.81. The summed E-state index contributed by atoms with van der Waals surface area (Å²) in [7, 11) is 0. The Labute approximate surface area is 119 Å². The number of aryl methyl sites for hydroxylation is 1. The van der Waals surface area contributed by atoms with E-state index in [0.29, 0.717) is 6.42 Å². The van der Waals surface area contributed by atoms with Crippen LogP contribution in [-0.2, 0) is 11.2 Å². The molecule has 0 bridgehead atoms. The Bertz CT molecular complexity index is 508. The first-order valence-corrected chi connectivity index (χ1v) is 7.05. The van der Waals surface area contributed by atoms with Gasteiger partial charge in [-0.05, 0) is 31.4 Å². The molecule has 1 aromatic carbocycles. The third-order valence-corrected chi connectivity index (χ3v) is 3.26. The number of carbonyl (C=O) groups is 1. The Kier molecular flexibility index (Phi) is 5.35. The first-order chi connectivity index (χ1) is 9.75. The molecular weight excluding hydrogens is 250 g/mol. The van der Waals surface area contributed by atoms with Crippen LogP contribution in [0.4, 0.5) is 0 Å². The molecule has 0 aliphatic rings. The van der Waals surface area contributed by atoms with Gasteiger partial charge in [0.25, 0.3) is 0 Å². The summed E-state index contributed by atoms with van der Waals surface area (Å²) in [5.41, 5.74) is 1.31. The molecule has 2 aromatic rings. The molecule has 4 heteroatoms. The highest BCUT2D eigenvalue weighted by atomic mass is 16.1. The predicted octanol–water partition coefficient (Wildman–Crippen LogP) is 2.58. The van der Waals surface area contributed by atoms with E-state index in [1.807, 2.05) is 42.1 Å². The zero-order valence-corrected chi connectivity index (χ0v) is 11.8. The molecule has 1 atom stereocenters. The summed E-state index contributed by atoms with van der Waals surface area (Å²) in [5, 5.41) is 7.11. The predicted molar refractivity (Wildman–Crippen MR) is 79.3 cm³/mol. The van der Waals surface area contributed by atoms with E-state index in [9.17, 15) is 4.79 Å². The van der Waals surface area contributed by atoms with E-state index >= 15 is 0 Å². The van der Waals surface area contributed by atoms with Crippen molar-refractivity contribution >= 4 is 5.91 Å². The zero-order valence-electron chi connectivity index (χ0n) is 11.8. The van der Waals surface area contributed by atoms with E-state index in [0.717, 1.165) is 19.4 Å². The molecule has 1 heterocycles. The molecule has 2 rings (SSSR count). The van der Waals surface area contributed by atoms with Crippen molar-refractivity contribution < 1.29 is 4.79 Å². The fraction of sp³-hybridized carbons (Fsp3) is 0.375. The van der Waals surface area contributed by atoms with Gasteiger partial charge in [0, 0.05) is 25.4 Å². The quantitative estimate of drug-likeness (QED) is 0.787. The van der Waals surface area contributed by atoms with E-state index in [4.69, 9.17) is 0 Å². The van der Waals surface area contributed by atoms with Crippen molar-refractivity contribution in [2.24, 2.45) is 0 Å². The number of aromatic nitrogens is 2. The second kappa shape index (κ2) is 7.48. The topological polar surface area (TPSA) is 46.9 Å². The third-order valence-electron chi connectivity index (χ3n) is 3.26. The fourth-order valence-corrected chi connectivity index (χ4v) is 2.14. The molecule has 20 heavy (non-hydrogen) atoms. The second-order valence-corrected chi connectivity index (χ2v) is 4.98. The lowest BCUT2D eigenvalue weighted by Gasteiger charge is -2.12. The number of rotatable bonds is 7. The molecule has 0 spiro atoms. The minimum absolute atomic E-state index is 0.0843. The molecule has 0 saturated heterocycles. The van der Waals surface area contributed by atoms with Crippen LogP contribution in [0.3, 0.4) is 0 Å². The van der Waals surface area contributed by atoms with Crippen LogP contribution in [0.5, 0.6) is 0 Å². The highest BCUT2D eigenvalue weighted by Gasteiger charge is 2.10. The van der Waals surface area contributed by atoms with Gasteiger partial charge in [0.05, 0.1) is 6.04 Å². The summed E-state index contributed by atoms with van der Waals surface area (Å²) in [6.45, 7) is 2.72. The fourth-order valence-electron chi connectivity index (χ4n) is 2.14. The van der Waals surface area contributed by atoms with Crippen molar-refractivity contribution in [1.82, 2.24) is 15.1 Å². The Balaban J connectivity index is 1.63. The van der Waals surface area contributed by atoms with Crippen LogP contribution in [0.15, 0.2) is 48.8 Å². The molecule has 1 N–H and O–H groups in total. The molecular formula is C16H21N3O. The van der Waals surface area contributed by atoms with Gasteiger partial charge in [-0.2, -0.15) is 5.10 Å². The molecule has 0 fully saturated rings. The van der Waals surface area contributed by atoms with Gasteiger partial charge in [-0.15, -0.1) is 0 Å². The number of hydrogen-bond acceptors (Lipinski definition) is 2. The average Bonchev–Trinajstić information content (AvgIpc) is 2.99. The summed E-state index contributed by atoms with van der Waals surface area (Å²) >= 11 is 0. The van der Waals surface area contributed by atoms with Crippen LogP contribution in [0.2, 0.25) is 0 Å². The van der Waals surface area contributed by atoms with Crippen LogP contribution >= 0.6 is 0 Å². The average molecular weight is 271 g/mol. The lowest BCUT2D eigenvalue weighted by molar-refractivity contribution is -0.121. The SMILES string of the molecule is CC(CC(=O)NCCCc1ccccc1)n1cccn1. The molecule has 1 aromatic heterocycles. The molecule has 0 radical (unpaired) electrons. The summed E-state index contributed by atoms with van der Waals surface area (Å²) in [4.78, 5) is 11.8. The summed E-state index contributed by atoms with van der Waals surface area (Å²) in [5.74, 6) is 0.0843. The number of amides is 1. The zero-order chi connectivity index (χ0) is 14.2. The number of benzene rings is 1. The maximum absolute atomic E-state index is 11.8. The molecule has 1 amide bonds. The molecule has 4 nitrogen and oxygen atoms in total. The van der Waals surface area contributed by atoms with Gasteiger partial charge in [-0.3, -0.25) is 9.48 Å².